The third-order valence-electron chi connectivity index (χ3n) is 4.81. The maximum absolute atomic E-state index is 12.6. The predicted octanol–water partition coefficient (Wildman–Crippen LogP) is 0.931. The zero-order valence-corrected chi connectivity index (χ0v) is 13.5. The second kappa shape index (κ2) is 6.77. The van der Waals surface area contributed by atoms with E-state index in [0.29, 0.717) is 0 Å². The van der Waals surface area contributed by atoms with Gasteiger partial charge in [0, 0.05) is 32.2 Å². The van der Waals surface area contributed by atoms with Crippen molar-refractivity contribution in [1.82, 2.24) is 20.7 Å². The number of hydrogen-bond donors (Lipinski definition) is 2. The molecule has 120 valence electrons. The molecule has 2 N–H and O–H groups in total. The number of hydrogen-bond acceptors (Lipinski definition) is 4. The van der Waals surface area contributed by atoms with Gasteiger partial charge in [0.05, 0.1) is 0 Å². The Bertz CT molecular complexity index is 508. The number of aryl methyl sites for hydroxylation is 1. The summed E-state index contributed by atoms with van der Waals surface area (Å²) in [6, 6.07) is 8.78. The van der Waals surface area contributed by atoms with Crippen molar-refractivity contribution < 1.29 is 4.79 Å². The largest absolute Gasteiger partial charge is 0.339 e. The van der Waals surface area contributed by atoms with Crippen LogP contribution in [0.1, 0.15) is 30.5 Å². The van der Waals surface area contributed by atoms with E-state index < -0.39 is 0 Å². The molecule has 2 saturated heterocycles. The molecule has 1 amide bonds. The normalized spacial score (nSPS) is 26.4. The Kier molecular flexibility index (Phi) is 4.76. The number of carbonyl (C=O) groups is 1. The molecule has 1 aromatic carbocycles. The number of piperazine rings is 1. The molecular weight excluding hydrogens is 276 g/mol. The second-order valence-electron chi connectivity index (χ2n) is 6.35. The van der Waals surface area contributed by atoms with Gasteiger partial charge in [-0.2, -0.15) is 0 Å². The van der Waals surface area contributed by atoms with Gasteiger partial charge in [-0.3, -0.25) is 4.79 Å². The Morgan fingerprint density at radius 3 is 2.45 bits per heavy atom. The summed E-state index contributed by atoms with van der Waals surface area (Å²) in [5.41, 5.74) is 9.06. The zero-order valence-electron chi connectivity index (χ0n) is 13.5. The molecule has 0 spiro atoms. The van der Waals surface area contributed by atoms with E-state index in [4.69, 9.17) is 0 Å². The summed E-state index contributed by atoms with van der Waals surface area (Å²) in [6.07, 6.45) is 1.87. The molecule has 2 atom stereocenters. The van der Waals surface area contributed by atoms with Gasteiger partial charge in [-0.25, -0.2) is 10.9 Å². The molecule has 1 aromatic rings. The highest BCUT2D eigenvalue weighted by atomic mass is 16.2. The van der Waals surface area contributed by atoms with Crippen LogP contribution in [0.2, 0.25) is 0 Å². The van der Waals surface area contributed by atoms with E-state index in [9.17, 15) is 4.79 Å². The third kappa shape index (κ3) is 3.32. The molecule has 0 saturated carbocycles. The van der Waals surface area contributed by atoms with Gasteiger partial charge in [-0.15, -0.1) is 0 Å². The summed E-state index contributed by atoms with van der Waals surface area (Å²) in [7, 11) is 2.10. The molecule has 0 aromatic heterocycles. The van der Waals surface area contributed by atoms with Crippen molar-refractivity contribution in [1.29, 1.82) is 0 Å². The van der Waals surface area contributed by atoms with Crippen molar-refractivity contribution in [2.75, 3.05) is 33.2 Å². The topological polar surface area (TPSA) is 47.6 Å². The van der Waals surface area contributed by atoms with E-state index in [1.807, 2.05) is 4.90 Å². The molecule has 3 rings (SSSR count). The highest BCUT2D eigenvalue weighted by Crippen LogP contribution is 2.23. The van der Waals surface area contributed by atoms with E-state index in [2.05, 4.69) is 54.0 Å². The van der Waals surface area contributed by atoms with Crippen LogP contribution in [0.25, 0.3) is 0 Å². The first-order valence-corrected chi connectivity index (χ1v) is 8.24. The number of hydrazine groups is 1. The van der Waals surface area contributed by atoms with Crippen LogP contribution in [0.15, 0.2) is 24.3 Å². The molecule has 5 nitrogen and oxygen atoms in total. The first-order chi connectivity index (χ1) is 10.7. The predicted molar refractivity (Wildman–Crippen MR) is 87.3 cm³/mol. The number of likely N-dealkylation sites (N-methyl/N-ethyl adjacent to an activating group) is 1. The van der Waals surface area contributed by atoms with Crippen LogP contribution in [-0.4, -0.2) is 55.0 Å². The average Bonchev–Trinajstić information content (AvgIpc) is 3.05. The third-order valence-corrected chi connectivity index (χ3v) is 4.81. The lowest BCUT2D eigenvalue weighted by Crippen LogP contribution is -2.52. The van der Waals surface area contributed by atoms with Gasteiger partial charge in [0.25, 0.3) is 0 Å². The molecule has 2 aliphatic heterocycles. The minimum absolute atomic E-state index is 0.112. The zero-order chi connectivity index (χ0) is 15.5. The van der Waals surface area contributed by atoms with Crippen LogP contribution < -0.4 is 10.9 Å². The first kappa shape index (κ1) is 15.5. The number of amides is 1. The molecule has 0 bridgehead atoms. The summed E-state index contributed by atoms with van der Waals surface area (Å²) in [5, 5.41) is 0. The summed E-state index contributed by atoms with van der Waals surface area (Å²) in [4.78, 5) is 16.8. The van der Waals surface area contributed by atoms with Crippen LogP contribution in [-0.2, 0) is 11.2 Å². The Morgan fingerprint density at radius 2 is 1.82 bits per heavy atom. The van der Waals surface area contributed by atoms with Gasteiger partial charge >= 0.3 is 0 Å². The lowest BCUT2D eigenvalue weighted by molar-refractivity contribution is -0.134. The van der Waals surface area contributed by atoms with Crippen molar-refractivity contribution in [3.8, 4) is 0 Å². The van der Waals surface area contributed by atoms with Crippen LogP contribution >= 0.6 is 0 Å². The van der Waals surface area contributed by atoms with Crippen LogP contribution in [0.3, 0.4) is 0 Å². The molecule has 0 radical (unpaired) electrons. The average molecular weight is 302 g/mol. The fourth-order valence-corrected chi connectivity index (χ4v) is 3.17. The van der Waals surface area contributed by atoms with Crippen molar-refractivity contribution in [2.45, 2.75) is 31.8 Å². The number of rotatable bonds is 3. The second-order valence-corrected chi connectivity index (χ2v) is 6.35. The monoisotopic (exact) mass is 302 g/mol. The van der Waals surface area contributed by atoms with Gasteiger partial charge in [-0.05, 0) is 31.0 Å². The number of carbonyl (C=O) groups excluding carboxylic acids is 1. The molecule has 2 unspecified atom stereocenters. The van der Waals surface area contributed by atoms with Crippen molar-refractivity contribution in [2.24, 2.45) is 0 Å². The quantitative estimate of drug-likeness (QED) is 0.872. The Morgan fingerprint density at radius 1 is 1.14 bits per heavy atom. The standard InChI is InChI=1S/C17H26N4O/c1-3-13-4-6-14(7-5-13)15-12-16(19-18-15)17(22)21-10-8-20(2)9-11-21/h4-7,15-16,18-19H,3,8-12H2,1-2H3. The first-order valence-electron chi connectivity index (χ1n) is 8.24. The van der Waals surface area contributed by atoms with Gasteiger partial charge in [-0.1, -0.05) is 31.2 Å². The highest BCUT2D eigenvalue weighted by Gasteiger charge is 2.33. The van der Waals surface area contributed by atoms with Crippen LogP contribution in [0.4, 0.5) is 0 Å². The summed E-state index contributed by atoms with van der Waals surface area (Å²) in [6.45, 7) is 5.77. The van der Waals surface area contributed by atoms with Crippen molar-refractivity contribution in [3.63, 3.8) is 0 Å². The minimum Gasteiger partial charge on any atom is -0.339 e. The van der Waals surface area contributed by atoms with E-state index in [1.165, 1.54) is 11.1 Å². The summed E-state index contributed by atoms with van der Waals surface area (Å²) in [5.74, 6) is 0.230. The lowest BCUT2D eigenvalue weighted by Gasteiger charge is -2.33. The van der Waals surface area contributed by atoms with Gasteiger partial charge in [0.1, 0.15) is 6.04 Å². The molecule has 2 aliphatic rings. The fourth-order valence-electron chi connectivity index (χ4n) is 3.17. The summed E-state index contributed by atoms with van der Waals surface area (Å²) >= 11 is 0. The smallest absolute Gasteiger partial charge is 0.241 e. The van der Waals surface area contributed by atoms with Gasteiger partial charge in [0.2, 0.25) is 5.91 Å². The van der Waals surface area contributed by atoms with Crippen molar-refractivity contribution in [3.05, 3.63) is 35.4 Å². The van der Waals surface area contributed by atoms with Gasteiger partial charge in [0.15, 0.2) is 0 Å². The van der Waals surface area contributed by atoms with E-state index in [0.717, 1.165) is 39.0 Å². The molecular formula is C17H26N4O. The molecule has 22 heavy (non-hydrogen) atoms. The van der Waals surface area contributed by atoms with Gasteiger partial charge < -0.3 is 9.80 Å². The minimum atomic E-state index is -0.112. The molecule has 0 aliphatic carbocycles. The van der Waals surface area contributed by atoms with Crippen molar-refractivity contribution >= 4 is 5.91 Å². The molecule has 5 heteroatoms. The maximum atomic E-state index is 12.6. The highest BCUT2D eigenvalue weighted by molar-refractivity contribution is 5.82. The number of nitrogens with one attached hydrogen (secondary N) is 2. The van der Waals surface area contributed by atoms with Crippen LogP contribution in [0, 0.1) is 0 Å². The number of nitrogens with zero attached hydrogens (tertiary/aromatic N) is 2. The maximum Gasteiger partial charge on any atom is 0.241 e. The van der Waals surface area contributed by atoms with Crippen LogP contribution in [0.5, 0.6) is 0 Å². The van der Waals surface area contributed by atoms with E-state index in [-0.39, 0.29) is 18.0 Å². The lowest BCUT2D eigenvalue weighted by atomic mass is 9.99. The van der Waals surface area contributed by atoms with E-state index >= 15 is 0 Å². The Balaban J connectivity index is 1.58. The Hall–Kier alpha value is -1.43. The Labute approximate surface area is 132 Å². The molecule has 2 heterocycles. The van der Waals surface area contributed by atoms with E-state index in [1.54, 1.807) is 0 Å². The SMILES string of the molecule is CCc1ccc(C2CC(C(=O)N3CCN(C)CC3)NN2)cc1. The number of benzene rings is 1. The summed E-state index contributed by atoms with van der Waals surface area (Å²) < 4.78 is 0. The molecule has 2 fully saturated rings. The fraction of sp³-hybridized carbons (Fsp3) is 0.588.